The maximum absolute atomic E-state index is 12.6. The van der Waals surface area contributed by atoms with Crippen LogP contribution in [0.25, 0.3) is 0 Å². The van der Waals surface area contributed by atoms with Crippen LogP contribution in [0.15, 0.2) is 0 Å². The van der Waals surface area contributed by atoms with Gasteiger partial charge in [-0.05, 0) is 56.8 Å². The first-order valence-electron chi connectivity index (χ1n) is 10.1. The molecule has 0 spiro atoms. The molecule has 2 saturated carbocycles. The van der Waals surface area contributed by atoms with Crippen molar-refractivity contribution in [1.29, 1.82) is 0 Å². The zero-order valence-electron chi connectivity index (χ0n) is 15.2. The normalized spacial score (nSPS) is 34.3. The number of likely N-dealkylation sites (tertiary alicyclic amines) is 2. The molecule has 2 N–H and O–H groups in total. The molecular formula is C19H29N3O4. The Kier molecular flexibility index (Phi) is 4.80. The number of carbonyl (C=O) groups is 3. The van der Waals surface area contributed by atoms with Gasteiger partial charge in [-0.2, -0.15) is 0 Å². The number of hydrogen-bond acceptors (Lipinski definition) is 3. The highest BCUT2D eigenvalue weighted by molar-refractivity contribution is 5.80. The quantitative estimate of drug-likeness (QED) is 0.796. The number of amides is 3. The first kappa shape index (κ1) is 17.6. The van der Waals surface area contributed by atoms with Gasteiger partial charge in [0, 0.05) is 38.1 Å². The van der Waals surface area contributed by atoms with Gasteiger partial charge in [0.25, 0.3) is 0 Å². The van der Waals surface area contributed by atoms with Crippen molar-refractivity contribution < 1.29 is 19.5 Å². The van der Waals surface area contributed by atoms with Crippen molar-refractivity contribution in [2.24, 2.45) is 23.7 Å². The van der Waals surface area contributed by atoms with Gasteiger partial charge in [0.2, 0.25) is 5.91 Å². The number of hydrogen-bond donors (Lipinski definition) is 2. The molecule has 2 aliphatic heterocycles. The molecule has 4 atom stereocenters. The van der Waals surface area contributed by atoms with E-state index in [1.807, 2.05) is 9.80 Å². The Morgan fingerprint density at radius 1 is 0.846 bits per heavy atom. The number of nitrogens with one attached hydrogen (secondary N) is 1. The minimum absolute atomic E-state index is 0.0213. The van der Waals surface area contributed by atoms with Gasteiger partial charge >= 0.3 is 12.0 Å². The van der Waals surface area contributed by atoms with Crippen LogP contribution in [0.4, 0.5) is 4.79 Å². The molecule has 0 unspecified atom stereocenters. The van der Waals surface area contributed by atoms with Crippen LogP contribution in [0.2, 0.25) is 0 Å². The van der Waals surface area contributed by atoms with Crippen LogP contribution in [0.5, 0.6) is 0 Å². The first-order valence-corrected chi connectivity index (χ1v) is 10.1. The lowest BCUT2D eigenvalue weighted by molar-refractivity contribution is -0.143. The number of carboxylic acid groups (broad SMARTS) is 1. The Morgan fingerprint density at radius 2 is 1.50 bits per heavy atom. The van der Waals surface area contributed by atoms with Crippen LogP contribution < -0.4 is 5.32 Å². The van der Waals surface area contributed by atoms with Crippen LogP contribution in [0.1, 0.15) is 44.9 Å². The van der Waals surface area contributed by atoms with Crippen molar-refractivity contribution in [3.8, 4) is 0 Å². The number of carbonyl (C=O) groups excluding carboxylic acids is 2. The van der Waals surface area contributed by atoms with E-state index in [1.165, 1.54) is 0 Å². The standard InChI is InChI=1S/C19H29N3O4/c23-17(20-16-11-13-9-14(16)10-15(13)18(24)25)12-3-7-22(8-4-12)19(26)21-5-1-2-6-21/h12-16H,1-11H2,(H,20,23)(H,24,25)/t13-,14-,15-,16-/m1/s1. The Balaban J connectivity index is 1.23. The Bertz CT molecular complexity index is 581. The number of fused-ring (bicyclic) bond motifs is 2. The van der Waals surface area contributed by atoms with Crippen molar-refractivity contribution in [1.82, 2.24) is 15.1 Å². The average Bonchev–Trinajstić information content (AvgIpc) is 3.37. The van der Waals surface area contributed by atoms with Gasteiger partial charge in [-0.15, -0.1) is 0 Å². The molecule has 4 aliphatic rings. The number of rotatable bonds is 3. The summed E-state index contributed by atoms with van der Waals surface area (Å²) in [6, 6.07) is 0.279. The van der Waals surface area contributed by atoms with E-state index < -0.39 is 5.97 Å². The predicted molar refractivity (Wildman–Crippen MR) is 94.4 cm³/mol. The van der Waals surface area contributed by atoms with Gasteiger partial charge < -0.3 is 20.2 Å². The average molecular weight is 363 g/mol. The lowest BCUT2D eigenvalue weighted by Crippen LogP contribution is -2.49. The molecule has 2 aliphatic carbocycles. The fourth-order valence-corrected chi connectivity index (χ4v) is 5.50. The zero-order chi connectivity index (χ0) is 18.3. The number of aliphatic carboxylic acids is 1. The summed E-state index contributed by atoms with van der Waals surface area (Å²) in [7, 11) is 0. The molecule has 0 aromatic rings. The summed E-state index contributed by atoms with van der Waals surface area (Å²) < 4.78 is 0. The van der Waals surface area contributed by atoms with Gasteiger partial charge in [0.15, 0.2) is 0 Å². The highest BCUT2D eigenvalue weighted by Gasteiger charge is 2.49. The summed E-state index contributed by atoms with van der Waals surface area (Å²) in [6.07, 6.45) is 6.08. The van der Waals surface area contributed by atoms with E-state index in [0.717, 1.165) is 51.6 Å². The Hall–Kier alpha value is -1.79. The zero-order valence-corrected chi connectivity index (χ0v) is 15.2. The van der Waals surface area contributed by atoms with Gasteiger partial charge in [0.1, 0.15) is 0 Å². The monoisotopic (exact) mass is 363 g/mol. The second kappa shape index (κ2) is 7.08. The lowest BCUT2D eigenvalue weighted by atomic mass is 9.85. The van der Waals surface area contributed by atoms with E-state index in [4.69, 9.17) is 0 Å². The molecule has 3 amide bonds. The number of piperidine rings is 1. The summed E-state index contributed by atoms with van der Waals surface area (Å²) in [5.41, 5.74) is 0. The molecule has 144 valence electrons. The van der Waals surface area contributed by atoms with Crippen LogP contribution in [-0.2, 0) is 9.59 Å². The second-order valence-electron chi connectivity index (χ2n) is 8.53. The van der Waals surface area contributed by atoms with Crippen LogP contribution in [-0.4, -0.2) is 65.0 Å². The smallest absolute Gasteiger partial charge is 0.319 e. The minimum Gasteiger partial charge on any atom is -0.481 e. The topological polar surface area (TPSA) is 90.0 Å². The highest BCUT2D eigenvalue weighted by Crippen LogP contribution is 2.48. The van der Waals surface area contributed by atoms with Crippen molar-refractivity contribution in [2.75, 3.05) is 26.2 Å². The van der Waals surface area contributed by atoms with E-state index >= 15 is 0 Å². The molecule has 0 aromatic heterocycles. The van der Waals surface area contributed by atoms with Crippen LogP contribution in [0.3, 0.4) is 0 Å². The van der Waals surface area contributed by atoms with Crippen LogP contribution >= 0.6 is 0 Å². The van der Waals surface area contributed by atoms with Gasteiger partial charge in [-0.25, -0.2) is 4.79 Å². The Labute approximate surface area is 154 Å². The molecule has 26 heavy (non-hydrogen) atoms. The minimum atomic E-state index is -0.683. The highest BCUT2D eigenvalue weighted by atomic mass is 16.4. The predicted octanol–water partition coefficient (Wildman–Crippen LogP) is 1.53. The first-order chi connectivity index (χ1) is 12.5. The van der Waals surface area contributed by atoms with Crippen molar-refractivity contribution in [2.45, 2.75) is 51.0 Å². The lowest BCUT2D eigenvalue weighted by Gasteiger charge is -2.35. The maximum Gasteiger partial charge on any atom is 0.319 e. The third-order valence-corrected chi connectivity index (χ3v) is 7.01. The maximum atomic E-state index is 12.6. The van der Waals surface area contributed by atoms with Gasteiger partial charge in [0.05, 0.1) is 5.92 Å². The number of carboxylic acids is 1. The van der Waals surface area contributed by atoms with E-state index in [0.29, 0.717) is 25.4 Å². The van der Waals surface area contributed by atoms with Gasteiger partial charge in [-0.1, -0.05) is 0 Å². The van der Waals surface area contributed by atoms with Gasteiger partial charge in [-0.3, -0.25) is 9.59 Å². The summed E-state index contributed by atoms with van der Waals surface area (Å²) >= 11 is 0. The molecule has 0 radical (unpaired) electrons. The fraction of sp³-hybridized carbons (Fsp3) is 0.842. The summed E-state index contributed by atoms with van der Waals surface area (Å²) in [6.45, 7) is 3.04. The third kappa shape index (κ3) is 3.28. The Morgan fingerprint density at radius 3 is 2.08 bits per heavy atom. The summed E-state index contributed by atoms with van der Waals surface area (Å²) in [4.78, 5) is 40.1. The molecule has 4 fully saturated rings. The third-order valence-electron chi connectivity index (χ3n) is 7.01. The van der Waals surface area contributed by atoms with Crippen LogP contribution in [0, 0.1) is 23.7 Å². The molecule has 2 saturated heterocycles. The van der Waals surface area contributed by atoms with E-state index in [1.54, 1.807) is 0 Å². The van der Waals surface area contributed by atoms with Crippen molar-refractivity contribution >= 4 is 17.9 Å². The molecule has 7 nitrogen and oxygen atoms in total. The largest absolute Gasteiger partial charge is 0.481 e. The SMILES string of the molecule is O=C(N[C@@H]1C[C@H]2C[C@@H]1C[C@H]2C(=O)O)C1CCN(C(=O)N2CCCC2)CC1. The molecular weight excluding hydrogens is 334 g/mol. The number of urea groups is 1. The van der Waals surface area contributed by atoms with Crippen molar-refractivity contribution in [3.05, 3.63) is 0 Å². The second-order valence-corrected chi connectivity index (χ2v) is 8.53. The number of nitrogens with zero attached hydrogens (tertiary/aromatic N) is 2. The molecule has 2 heterocycles. The van der Waals surface area contributed by atoms with Crippen molar-refractivity contribution in [3.63, 3.8) is 0 Å². The summed E-state index contributed by atoms with van der Waals surface area (Å²) in [5.74, 6) is -0.273. The van der Waals surface area contributed by atoms with E-state index in [9.17, 15) is 19.5 Å². The fourth-order valence-electron chi connectivity index (χ4n) is 5.50. The van der Waals surface area contributed by atoms with E-state index in [-0.39, 0.29) is 35.7 Å². The molecule has 4 rings (SSSR count). The summed E-state index contributed by atoms with van der Waals surface area (Å²) in [5, 5.41) is 12.4. The molecule has 0 aromatic carbocycles. The van der Waals surface area contributed by atoms with E-state index in [2.05, 4.69) is 5.32 Å². The molecule has 2 bridgehead atoms. The molecule has 7 heteroatoms.